The summed E-state index contributed by atoms with van der Waals surface area (Å²) in [6, 6.07) is 5.34. The molecule has 0 radical (unpaired) electrons. The predicted molar refractivity (Wildman–Crippen MR) is 78.9 cm³/mol. The molecule has 3 N–H and O–H groups in total. The summed E-state index contributed by atoms with van der Waals surface area (Å²) in [6.07, 6.45) is 1.64. The van der Waals surface area contributed by atoms with Crippen LogP contribution in [0.1, 0.15) is 18.4 Å². The number of nitrogen functional groups attached to an aromatic ring is 1. The van der Waals surface area contributed by atoms with Crippen molar-refractivity contribution in [1.29, 1.82) is 0 Å². The van der Waals surface area contributed by atoms with Gasteiger partial charge in [0.15, 0.2) is 0 Å². The number of aryl methyl sites for hydroxylation is 1. The van der Waals surface area contributed by atoms with E-state index in [4.69, 9.17) is 10.5 Å². The molecule has 2 rings (SSSR count). The van der Waals surface area contributed by atoms with E-state index in [0.717, 1.165) is 18.4 Å². The lowest BCUT2D eigenvalue weighted by atomic mass is 10.1. The number of benzene rings is 1. The lowest BCUT2D eigenvalue weighted by Gasteiger charge is -2.23. The second kappa shape index (κ2) is 6.85. The third-order valence-electron chi connectivity index (χ3n) is 3.35. The Balaban J connectivity index is 1.89. The fourth-order valence-electron chi connectivity index (χ4n) is 2.10. The van der Waals surface area contributed by atoms with Gasteiger partial charge in [-0.3, -0.25) is 9.00 Å². The molecule has 5 nitrogen and oxygen atoms in total. The van der Waals surface area contributed by atoms with E-state index >= 15 is 0 Å². The monoisotopic (exact) mass is 296 g/mol. The Labute approximate surface area is 121 Å². The third-order valence-corrected chi connectivity index (χ3v) is 4.66. The average Bonchev–Trinajstić information content (AvgIpc) is 2.42. The lowest BCUT2D eigenvalue weighted by molar-refractivity contribution is -0.119. The van der Waals surface area contributed by atoms with Crippen molar-refractivity contribution in [2.45, 2.75) is 30.7 Å². The van der Waals surface area contributed by atoms with Gasteiger partial charge < -0.3 is 15.8 Å². The molecule has 20 heavy (non-hydrogen) atoms. The topological polar surface area (TPSA) is 81.4 Å². The van der Waals surface area contributed by atoms with Gasteiger partial charge in [0.2, 0.25) is 5.91 Å². The van der Waals surface area contributed by atoms with Gasteiger partial charge in [0.25, 0.3) is 0 Å². The fraction of sp³-hybridized carbons (Fsp3) is 0.500. The van der Waals surface area contributed by atoms with Crippen LogP contribution in [0.3, 0.4) is 0 Å². The smallest absolute Gasteiger partial charge is 0.233 e. The average molecular weight is 296 g/mol. The predicted octanol–water partition coefficient (Wildman–Crippen LogP) is 0.980. The van der Waals surface area contributed by atoms with E-state index in [1.807, 2.05) is 6.92 Å². The van der Waals surface area contributed by atoms with Crippen molar-refractivity contribution >= 4 is 22.4 Å². The minimum Gasteiger partial charge on any atom is -0.399 e. The van der Waals surface area contributed by atoms with E-state index < -0.39 is 10.8 Å². The van der Waals surface area contributed by atoms with E-state index in [1.54, 1.807) is 18.2 Å². The van der Waals surface area contributed by atoms with Gasteiger partial charge in [-0.05, 0) is 43.5 Å². The molecule has 0 saturated carbocycles. The van der Waals surface area contributed by atoms with Crippen LogP contribution in [0.2, 0.25) is 0 Å². The summed E-state index contributed by atoms with van der Waals surface area (Å²) < 4.78 is 17.4. The van der Waals surface area contributed by atoms with E-state index in [2.05, 4.69) is 5.32 Å². The second-order valence-electron chi connectivity index (χ2n) is 4.96. The molecule has 1 atom stereocenters. The van der Waals surface area contributed by atoms with Gasteiger partial charge in [0.1, 0.15) is 5.75 Å². The Morgan fingerprint density at radius 1 is 1.45 bits per heavy atom. The molecule has 0 bridgehead atoms. The fourth-order valence-corrected chi connectivity index (χ4v) is 3.12. The zero-order valence-corrected chi connectivity index (χ0v) is 12.4. The summed E-state index contributed by atoms with van der Waals surface area (Å²) in [4.78, 5) is 12.5. The van der Waals surface area contributed by atoms with Crippen molar-refractivity contribution in [1.82, 2.24) is 5.32 Å². The van der Waals surface area contributed by atoms with Crippen LogP contribution in [0.5, 0.6) is 0 Å². The molecule has 1 saturated heterocycles. The van der Waals surface area contributed by atoms with Gasteiger partial charge in [0.05, 0.1) is 10.8 Å². The molecule has 1 aliphatic rings. The quantitative estimate of drug-likeness (QED) is 0.812. The van der Waals surface area contributed by atoms with Gasteiger partial charge in [-0.2, -0.15) is 0 Å². The van der Waals surface area contributed by atoms with Crippen LogP contribution in [-0.4, -0.2) is 35.1 Å². The van der Waals surface area contributed by atoms with Gasteiger partial charge in [-0.1, -0.05) is 0 Å². The Morgan fingerprint density at radius 3 is 2.80 bits per heavy atom. The highest BCUT2D eigenvalue weighted by molar-refractivity contribution is 7.85. The maximum absolute atomic E-state index is 12.1. The molecule has 1 aromatic carbocycles. The number of amides is 1. The van der Waals surface area contributed by atoms with E-state index in [-0.39, 0.29) is 17.7 Å². The molecule has 1 amide bonds. The number of nitrogens with two attached hydrogens (primary N) is 1. The minimum atomic E-state index is -1.34. The van der Waals surface area contributed by atoms with E-state index in [9.17, 15) is 9.00 Å². The maximum atomic E-state index is 12.1. The van der Waals surface area contributed by atoms with Gasteiger partial charge >= 0.3 is 0 Å². The first-order valence-corrected chi connectivity index (χ1v) is 8.00. The lowest BCUT2D eigenvalue weighted by Crippen LogP contribution is -2.40. The normalized spacial score (nSPS) is 17.6. The molecule has 0 aromatic heterocycles. The highest BCUT2D eigenvalue weighted by Crippen LogP contribution is 2.16. The van der Waals surface area contributed by atoms with Gasteiger partial charge in [-0.15, -0.1) is 0 Å². The van der Waals surface area contributed by atoms with Crippen molar-refractivity contribution < 1.29 is 13.7 Å². The zero-order valence-electron chi connectivity index (χ0n) is 11.6. The SMILES string of the molecule is Cc1cc(S(=O)CC(=O)NC2CCOCC2)ccc1N. The summed E-state index contributed by atoms with van der Waals surface area (Å²) >= 11 is 0. The molecule has 110 valence electrons. The minimum absolute atomic E-state index is 0.0132. The van der Waals surface area contributed by atoms with Crippen molar-refractivity contribution in [3.05, 3.63) is 23.8 Å². The van der Waals surface area contributed by atoms with Crippen LogP contribution in [0.25, 0.3) is 0 Å². The van der Waals surface area contributed by atoms with Crippen LogP contribution in [0, 0.1) is 6.92 Å². The Kier molecular flexibility index (Phi) is 5.14. The largest absolute Gasteiger partial charge is 0.399 e. The third kappa shape index (κ3) is 4.05. The molecule has 1 aliphatic heterocycles. The molecule has 0 spiro atoms. The number of rotatable bonds is 4. The number of ether oxygens (including phenoxy) is 1. The van der Waals surface area contributed by atoms with Crippen LogP contribution < -0.4 is 11.1 Å². The number of anilines is 1. The highest BCUT2D eigenvalue weighted by atomic mass is 32.2. The standard InChI is InChI=1S/C14H20N2O3S/c1-10-8-12(2-3-13(10)15)20(18)9-14(17)16-11-4-6-19-7-5-11/h2-3,8,11H,4-7,9,15H2,1H3,(H,16,17). The first-order valence-electron chi connectivity index (χ1n) is 6.68. The molecular formula is C14H20N2O3S. The molecule has 1 fully saturated rings. The summed E-state index contributed by atoms with van der Waals surface area (Å²) in [5.41, 5.74) is 7.26. The van der Waals surface area contributed by atoms with Crippen molar-refractivity contribution in [3.63, 3.8) is 0 Å². The summed E-state index contributed by atoms with van der Waals surface area (Å²) in [6.45, 7) is 3.20. The van der Waals surface area contributed by atoms with Crippen molar-refractivity contribution in [2.75, 3.05) is 24.7 Å². The summed E-state index contributed by atoms with van der Waals surface area (Å²) in [5.74, 6) is -0.189. The van der Waals surface area contributed by atoms with Gasteiger partial charge in [0, 0.05) is 29.8 Å². The zero-order chi connectivity index (χ0) is 14.5. The molecular weight excluding hydrogens is 276 g/mol. The molecule has 0 aliphatic carbocycles. The number of carbonyl (C=O) groups is 1. The second-order valence-corrected chi connectivity index (χ2v) is 6.41. The maximum Gasteiger partial charge on any atom is 0.233 e. The van der Waals surface area contributed by atoms with Gasteiger partial charge in [-0.25, -0.2) is 0 Å². The first kappa shape index (κ1) is 15.0. The van der Waals surface area contributed by atoms with E-state index in [0.29, 0.717) is 23.8 Å². The molecule has 1 unspecified atom stereocenters. The molecule has 1 aromatic rings. The Morgan fingerprint density at radius 2 is 2.15 bits per heavy atom. The Bertz CT molecular complexity index is 513. The van der Waals surface area contributed by atoms with E-state index in [1.165, 1.54) is 0 Å². The van der Waals surface area contributed by atoms with Crippen molar-refractivity contribution in [2.24, 2.45) is 0 Å². The number of carbonyl (C=O) groups excluding carboxylic acids is 1. The Hall–Kier alpha value is -1.40. The molecule has 6 heteroatoms. The first-order chi connectivity index (χ1) is 9.56. The van der Waals surface area contributed by atoms with Crippen molar-refractivity contribution in [3.8, 4) is 0 Å². The van der Waals surface area contributed by atoms with Crippen LogP contribution in [-0.2, 0) is 20.3 Å². The van der Waals surface area contributed by atoms with Crippen LogP contribution in [0.4, 0.5) is 5.69 Å². The van der Waals surface area contributed by atoms with Crippen LogP contribution in [0.15, 0.2) is 23.1 Å². The number of hydrogen-bond acceptors (Lipinski definition) is 4. The molecule has 1 heterocycles. The highest BCUT2D eigenvalue weighted by Gasteiger charge is 2.18. The number of nitrogens with one attached hydrogen (secondary N) is 1. The number of hydrogen-bond donors (Lipinski definition) is 2. The summed E-state index contributed by atoms with van der Waals surface area (Å²) in [7, 11) is -1.34. The van der Waals surface area contributed by atoms with Crippen LogP contribution >= 0.6 is 0 Å². The summed E-state index contributed by atoms with van der Waals surface area (Å²) in [5, 5.41) is 2.91.